The Morgan fingerprint density at radius 2 is 1.92 bits per heavy atom. The summed E-state index contributed by atoms with van der Waals surface area (Å²) in [4.78, 5) is 0. The van der Waals surface area contributed by atoms with Crippen molar-refractivity contribution >= 4 is 23.2 Å². The van der Waals surface area contributed by atoms with Gasteiger partial charge in [-0.1, -0.05) is 36.2 Å². The molecule has 0 fully saturated rings. The molecule has 0 radical (unpaired) electrons. The van der Waals surface area contributed by atoms with Crippen molar-refractivity contribution < 1.29 is 13.9 Å². The normalized spacial score (nSPS) is 12.1. The van der Waals surface area contributed by atoms with Crippen molar-refractivity contribution in [3.8, 4) is 11.5 Å². The van der Waals surface area contributed by atoms with E-state index in [2.05, 4.69) is 19.2 Å². The van der Waals surface area contributed by atoms with Crippen molar-refractivity contribution in [3.63, 3.8) is 0 Å². The molecule has 1 atom stereocenters. The molecule has 0 aliphatic rings. The Kier molecular flexibility index (Phi) is 7.36. The zero-order chi connectivity index (χ0) is 18.4. The predicted molar refractivity (Wildman–Crippen MR) is 100 cm³/mol. The van der Waals surface area contributed by atoms with Gasteiger partial charge in [0.05, 0.1) is 17.2 Å². The van der Waals surface area contributed by atoms with E-state index in [1.807, 2.05) is 12.1 Å². The Balaban J connectivity index is 2.14. The van der Waals surface area contributed by atoms with Crippen molar-refractivity contribution in [2.75, 3.05) is 7.11 Å². The van der Waals surface area contributed by atoms with Gasteiger partial charge in [0, 0.05) is 18.2 Å². The van der Waals surface area contributed by atoms with E-state index < -0.39 is 0 Å². The molecule has 0 bridgehead atoms. The minimum Gasteiger partial charge on any atom is -0.493 e. The monoisotopic (exact) mass is 385 g/mol. The lowest BCUT2D eigenvalue weighted by atomic mass is 10.1. The first-order valence-electron chi connectivity index (χ1n) is 8.11. The van der Waals surface area contributed by atoms with Gasteiger partial charge in [-0.15, -0.1) is 0 Å². The molecular weight excluding hydrogens is 364 g/mol. The summed E-state index contributed by atoms with van der Waals surface area (Å²) in [6, 6.07) is 8.34. The molecule has 0 saturated carbocycles. The van der Waals surface area contributed by atoms with E-state index in [-0.39, 0.29) is 12.4 Å². The van der Waals surface area contributed by atoms with E-state index in [9.17, 15) is 4.39 Å². The Labute approximate surface area is 158 Å². The average Bonchev–Trinajstić information content (AvgIpc) is 2.59. The summed E-state index contributed by atoms with van der Waals surface area (Å²) in [5.74, 6) is 0.603. The van der Waals surface area contributed by atoms with Gasteiger partial charge in [0.2, 0.25) is 0 Å². The van der Waals surface area contributed by atoms with Gasteiger partial charge in [0.15, 0.2) is 11.5 Å². The smallest absolute Gasteiger partial charge is 0.180 e. The fourth-order valence-corrected chi connectivity index (χ4v) is 2.75. The van der Waals surface area contributed by atoms with Crippen molar-refractivity contribution in [1.82, 2.24) is 5.32 Å². The second kappa shape index (κ2) is 9.27. The molecule has 2 rings (SSSR count). The first-order chi connectivity index (χ1) is 11.9. The second-order valence-corrected chi connectivity index (χ2v) is 6.64. The van der Waals surface area contributed by atoms with Gasteiger partial charge in [-0.3, -0.25) is 0 Å². The van der Waals surface area contributed by atoms with Crippen molar-refractivity contribution in [2.45, 2.75) is 39.5 Å². The molecular formula is C19H22Cl2FNO2. The van der Waals surface area contributed by atoms with E-state index in [1.54, 1.807) is 13.2 Å². The Hall–Kier alpha value is -1.49. The maximum Gasteiger partial charge on any atom is 0.180 e. The lowest BCUT2D eigenvalue weighted by molar-refractivity contribution is 0.284. The van der Waals surface area contributed by atoms with Crippen LogP contribution in [0.25, 0.3) is 0 Å². The van der Waals surface area contributed by atoms with Gasteiger partial charge in [-0.05, 0) is 43.2 Å². The largest absolute Gasteiger partial charge is 0.493 e. The number of halogens is 3. The highest BCUT2D eigenvalue weighted by Gasteiger charge is 2.14. The lowest BCUT2D eigenvalue weighted by Gasteiger charge is -2.16. The van der Waals surface area contributed by atoms with E-state index in [0.29, 0.717) is 39.7 Å². The zero-order valence-electron chi connectivity index (χ0n) is 14.5. The number of nitrogens with one attached hydrogen (secondary N) is 1. The molecule has 0 aromatic heterocycles. The minimum atomic E-state index is -0.387. The molecule has 6 heteroatoms. The number of ether oxygens (including phenoxy) is 2. The molecule has 25 heavy (non-hydrogen) atoms. The van der Waals surface area contributed by atoms with Crippen LogP contribution in [0.4, 0.5) is 4.39 Å². The van der Waals surface area contributed by atoms with E-state index in [0.717, 1.165) is 12.0 Å². The highest BCUT2D eigenvalue weighted by Crippen LogP contribution is 2.37. The van der Waals surface area contributed by atoms with Crippen molar-refractivity contribution in [2.24, 2.45) is 0 Å². The molecule has 0 aliphatic heterocycles. The molecule has 2 aromatic rings. The quantitative estimate of drug-likeness (QED) is 0.640. The fraction of sp³-hybridized carbons (Fsp3) is 0.368. The predicted octanol–water partition coefficient (Wildman–Crippen LogP) is 5.61. The maximum atomic E-state index is 13.1. The van der Waals surface area contributed by atoms with Gasteiger partial charge in [0.1, 0.15) is 12.4 Å². The molecule has 1 unspecified atom stereocenters. The van der Waals surface area contributed by atoms with Crippen LogP contribution in [0, 0.1) is 5.82 Å². The summed E-state index contributed by atoms with van der Waals surface area (Å²) in [5, 5.41) is 4.18. The van der Waals surface area contributed by atoms with Gasteiger partial charge < -0.3 is 14.8 Å². The number of methoxy groups -OCH3 is 1. The third-order valence-corrected chi connectivity index (χ3v) is 4.58. The molecule has 0 aliphatic carbocycles. The molecule has 0 spiro atoms. The highest BCUT2D eigenvalue weighted by molar-refractivity contribution is 6.32. The van der Waals surface area contributed by atoms with Crippen molar-refractivity contribution in [3.05, 3.63) is 57.3 Å². The molecule has 0 saturated heterocycles. The number of rotatable bonds is 8. The second-order valence-electron chi connectivity index (χ2n) is 5.82. The van der Waals surface area contributed by atoms with Crippen LogP contribution in [0.3, 0.4) is 0 Å². The van der Waals surface area contributed by atoms with Crippen molar-refractivity contribution in [1.29, 1.82) is 0 Å². The van der Waals surface area contributed by atoms with Crippen LogP contribution in [0.2, 0.25) is 10.0 Å². The summed E-state index contributed by atoms with van der Waals surface area (Å²) in [6.07, 6.45) is 1.05. The van der Waals surface area contributed by atoms with Crippen LogP contribution in [0.15, 0.2) is 30.3 Å². The first kappa shape index (κ1) is 19.8. The number of hydrogen-bond donors (Lipinski definition) is 1. The summed E-state index contributed by atoms with van der Waals surface area (Å²) >= 11 is 12.4. The van der Waals surface area contributed by atoms with Gasteiger partial charge in [0.25, 0.3) is 0 Å². The van der Waals surface area contributed by atoms with Crippen LogP contribution in [0.1, 0.15) is 31.4 Å². The highest BCUT2D eigenvalue weighted by atomic mass is 35.5. The Morgan fingerprint density at radius 3 is 2.56 bits per heavy atom. The Morgan fingerprint density at radius 1 is 1.16 bits per heavy atom. The van der Waals surface area contributed by atoms with Gasteiger partial charge in [-0.2, -0.15) is 0 Å². The molecule has 0 amide bonds. The molecule has 136 valence electrons. The van der Waals surface area contributed by atoms with Crippen LogP contribution >= 0.6 is 23.2 Å². The lowest BCUT2D eigenvalue weighted by Crippen LogP contribution is -2.24. The molecule has 2 aromatic carbocycles. The van der Waals surface area contributed by atoms with Crippen LogP contribution in [-0.2, 0) is 13.2 Å². The first-order valence-corrected chi connectivity index (χ1v) is 8.86. The number of benzene rings is 2. The zero-order valence-corrected chi connectivity index (χ0v) is 16.0. The van der Waals surface area contributed by atoms with E-state index >= 15 is 0 Å². The maximum absolute atomic E-state index is 13.1. The number of hydrogen-bond acceptors (Lipinski definition) is 3. The summed E-state index contributed by atoms with van der Waals surface area (Å²) in [7, 11) is 1.56. The minimum absolute atomic E-state index is 0.166. The van der Waals surface area contributed by atoms with Crippen LogP contribution in [-0.4, -0.2) is 13.2 Å². The third-order valence-electron chi connectivity index (χ3n) is 3.94. The molecule has 1 N–H and O–H groups in total. The Bertz CT molecular complexity index is 725. The fourth-order valence-electron chi connectivity index (χ4n) is 2.24. The summed E-state index contributed by atoms with van der Waals surface area (Å²) in [6.45, 7) is 5.11. The third kappa shape index (κ3) is 5.50. The van der Waals surface area contributed by atoms with Crippen LogP contribution < -0.4 is 14.8 Å². The standard InChI is InChI=1S/C19H22Cl2FNO2/c1-4-12(2)23-10-13-7-17(21)19(18(8-13)24-3)25-11-14-5-6-15(22)9-16(14)20/h5-9,12,23H,4,10-11H2,1-3H3. The van der Waals surface area contributed by atoms with E-state index in [4.69, 9.17) is 32.7 Å². The average molecular weight is 386 g/mol. The summed E-state index contributed by atoms with van der Waals surface area (Å²) < 4.78 is 24.3. The SMILES string of the molecule is CCC(C)NCc1cc(Cl)c(OCc2ccc(F)cc2Cl)c(OC)c1. The molecule has 3 nitrogen and oxygen atoms in total. The van der Waals surface area contributed by atoms with Crippen LogP contribution in [0.5, 0.6) is 11.5 Å². The van der Waals surface area contributed by atoms with E-state index in [1.165, 1.54) is 12.1 Å². The molecule has 0 heterocycles. The van der Waals surface area contributed by atoms with Gasteiger partial charge >= 0.3 is 0 Å². The topological polar surface area (TPSA) is 30.5 Å². The summed E-state index contributed by atoms with van der Waals surface area (Å²) in [5.41, 5.74) is 1.68. The van der Waals surface area contributed by atoms with Gasteiger partial charge in [-0.25, -0.2) is 4.39 Å².